The van der Waals surface area contributed by atoms with Gasteiger partial charge in [0.25, 0.3) is 0 Å². The molecule has 19 heavy (non-hydrogen) atoms. The Labute approximate surface area is 110 Å². The zero-order valence-corrected chi connectivity index (χ0v) is 10.6. The first-order valence-electron chi connectivity index (χ1n) is 6.48. The summed E-state index contributed by atoms with van der Waals surface area (Å²) in [6.07, 6.45) is 3.45. The quantitative estimate of drug-likeness (QED) is 0.917. The number of carbonyl (C=O) groups is 1. The molecule has 1 aromatic carbocycles. The normalized spacial score (nSPS) is 21.1. The van der Waals surface area contributed by atoms with E-state index in [9.17, 15) is 18.7 Å². The highest BCUT2D eigenvalue weighted by Crippen LogP contribution is 2.20. The van der Waals surface area contributed by atoms with Gasteiger partial charge in [0.1, 0.15) is 6.04 Å². The maximum atomic E-state index is 13.2. The highest BCUT2D eigenvalue weighted by Gasteiger charge is 2.27. The van der Waals surface area contributed by atoms with Crippen molar-refractivity contribution in [2.24, 2.45) is 0 Å². The topological polar surface area (TPSA) is 40.5 Å². The third kappa shape index (κ3) is 3.50. The van der Waals surface area contributed by atoms with Crippen molar-refractivity contribution in [1.29, 1.82) is 0 Å². The van der Waals surface area contributed by atoms with Gasteiger partial charge in [-0.25, -0.2) is 8.78 Å². The van der Waals surface area contributed by atoms with Crippen molar-refractivity contribution in [3.05, 3.63) is 35.4 Å². The van der Waals surface area contributed by atoms with Crippen LogP contribution in [0.1, 0.15) is 31.2 Å². The molecule has 1 aromatic rings. The Bertz CT molecular complexity index is 465. The fourth-order valence-corrected chi connectivity index (χ4v) is 2.51. The summed E-state index contributed by atoms with van der Waals surface area (Å²) >= 11 is 0. The summed E-state index contributed by atoms with van der Waals surface area (Å²) in [6, 6.07) is 3.19. The zero-order valence-electron chi connectivity index (χ0n) is 10.6. The summed E-state index contributed by atoms with van der Waals surface area (Å²) in [4.78, 5) is 13.1. The van der Waals surface area contributed by atoms with Crippen LogP contribution in [0.3, 0.4) is 0 Å². The van der Waals surface area contributed by atoms with Crippen LogP contribution in [0.4, 0.5) is 8.78 Å². The van der Waals surface area contributed by atoms with Crippen molar-refractivity contribution in [2.75, 3.05) is 6.54 Å². The SMILES string of the molecule is O=C(O)C1CCCCCN1Cc1ccc(F)c(F)c1. The summed E-state index contributed by atoms with van der Waals surface area (Å²) in [7, 11) is 0. The number of benzene rings is 1. The molecule has 1 N–H and O–H groups in total. The van der Waals surface area contributed by atoms with E-state index in [1.165, 1.54) is 6.07 Å². The number of likely N-dealkylation sites (tertiary alicyclic amines) is 1. The zero-order chi connectivity index (χ0) is 13.8. The molecule has 0 spiro atoms. The monoisotopic (exact) mass is 269 g/mol. The van der Waals surface area contributed by atoms with Crippen molar-refractivity contribution >= 4 is 5.97 Å². The molecular weight excluding hydrogens is 252 g/mol. The van der Waals surface area contributed by atoms with E-state index in [2.05, 4.69) is 0 Å². The predicted octanol–water partition coefficient (Wildman–Crippen LogP) is 2.79. The Balaban J connectivity index is 2.13. The standard InChI is InChI=1S/C14H17F2NO2/c15-11-6-5-10(8-12(11)16)9-17-7-3-1-2-4-13(17)14(18)19/h5-6,8,13H,1-4,7,9H2,(H,18,19). The van der Waals surface area contributed by atoms with E-state index in [1.54, 1.807) is 0 Å². The van der Waals surface area contributed by atoms with Crippen molar-refractivity contribution in [1.82, 2.24) is 4.90 Å². The first-order valence-corrected chi connectivity index (χ1v) is 6.48. The average molecular weight is 269 g/mol. The molecule has 0 amide bonds. The van der Waals surface area contributed by atoms with E-state index in [4.69, 9.17) is 0 Å². The second-order valence-corrected chi connectivity index (χ2v) is 4.92. The van der Waals surface area contributed by atoms with Gasteiger partial charge < -0.3 is 5.11 Å². The van der Waals surface area contributed by atoms with Gasteiger partial charge in [-0.05, 0) is 37.1 Å². The molecule has 1 saturated heterocycles. The molecule has 0 aromatic heterocycles. The molecule has 1 fully saturated rings. The lowest BCUT2D eigenvalue weighted by atomic mass is 10.1. The van der Waals surface area contributed by atoms with Crippen molar-refractivity contribution in [3.8, 4) is 0 Å². The number of carboxylic acids is 1. The number of nitrogens with zero attached hydrogens (tertiary/aromatic N) is 1. The summed E-state index contributed by atoms with van der Waals surface area (Å²) in [5.74, 6) is -2.61. The van der Waals surface area contributed by atoms with Crippen LogP contribution in [0, 0.1) is 11.6 Å². The number of rotatable bonds is 3. The van der Waals surface area contributed by atoms with Gasteiger partial charge in [-0.1, -0.05) is 18.9 Å². The number of carboxylic acid groups (broad SMARTS) is 1. The van der Waals surface area contributed by atoms with Gasteiger partial charge >= 0.3 is 5.97 Å². The van der Waals surface area contributed by atoms with Gasteiger partial charge in [0, 0.05) is 6.54 Å². The van der Waals surface area contributed by atoms with Gasteiger partial charge in [-0.2, -0.15) is 0 Å². The molecule has 0 bridgehead atoms. The number of hydrogen-bond donors (Lipinski definition) is 1. The van der Waals surface area contributed by atoms with E-state index in [-0.39, 0.29) is 0 Å². The van der Waals surface area contributed by atoms with Gasteiger partial charge in [-0.3, -0.25) is 9.69 Å². The summed E-state index contributed by atoms with van der Waals surface area (Å²) in [5, 5.41) is 9.23. The highest BCUT2D eigenvalue weighted by molar-refractivity contribution is 5.73. The third-order valence-electron chi connectivity index (χ3n) is 3.52. The van der Waals surface area contributed by atoms with E-state index in [0.29, 0.717) is 25.1 Å². The van der Waals surface area contributed by atoms with E-state index >= 15 is 0 Å². The minimum absolute atomic E-state index is 0.341. The van der Waals surface area contributed by atoms with Crippen LogP contribution in [0.2, 0.25) is 0 Å². The maximum absolute atomic E-state index is 13.2. The van der Waals surface area contributed by atoms with Crippen LogP contribution in [0.25, 0.3) is 0 Å². The van der Waals surface area contributed by atoms with Crippen LogP contribution in [0.5, 0.6) is 0 Å². The molecule has 1 aliphatic rings. The first-order chi connectivity index (χ1) is 9.08. The Kier molecular flexibility index (Phi) is 4.47. The van der Waals surface area contributed by atoms with Crippen molar-refractivity contribution < 1.29 is 18.7 Å². The molecule has 1 heterocycles. The van der Waals surface area contributed by atoms with Crippen molar-refractivity contribution in [2.45, 2.75) is 38.3 Å². The molecule has 0 saturated carbocycles. The number of halogens is 2. The number of aliphatic carboxylic acids is 1. The largest absolute Gasteiger partial charge is 0.480 e. The van der Waals surface area contributed by atoms with Gasteiger partial charge in [0.15, 0.2) is 11.6 Å². The first kappa shape index (κ1) is 13.9. The van der Waals surface area contributed by atoms with Crippen LogP contribution in [-0.2, 0) is 11.3 Å². The summed E-state index contributed by atoms with van der Waals surface area (Å²) < 4.78 is 26.0. The second-order valence-electron chi connectivity index (χ2n) is 4.92. The Morgan fingerprint density at radius 1 is 1.26 bits per heavy atom. The fourth-order valence-electron chi connectivity index (χ4n) is 2.51. The Morgan fingerprint density at radius 2 is 2.05 bits per heavy atom. The molecule has 5 heteroatoms. The molecular formula is C14H17F2NO2. The van der Waals surface area contributed by atoms with E-state index < -0.39 is 23.6 Å². The van der Waals surface area contributed by atoms with Crippen LogP contribution >= 0.6 is 0 Å². The Hall–Kier alpha value is -1.49. The molecule has 1 unspecified atom stereocenters. The van der Waals surface area contributed by atoms with E-state index in [0.717, 1.165) is 31.4 Å². The highest BCUT2D eigenvalue weighted by atomic mass is 19.2. The van der Waals surface area contributed by atoms with E-state index in [1.807, 2.05) is 4.90 Å². The molecule has 0 radical (unpaired) electrons. The molecule has 1 atom stereocenters. The lowest BCUT2D eigenvalue weighted by Crippen LogP contribution is -2.40. The minimum Gasteiger partial charge on any atom is -0.480 e. The maximum Gasteiger partial charge on any atom is 0.320 e. The van der Waals surface area contributed by atoms with Crippen LogP contribution < -0.4 is 0 Å². The predicted molar refractivity (Wildman–Crippen MR) is 66.7 cm³/mol. The smallest absolute Gasteiger partial charge is 0.320 e. The molecule has 1 aliphatic heterocycles. The minimum atomic E-state index is -0.890. The van der Waals surface area contributed by atoms with Gasteiger partial charge in [-0.15, -0.1) is 0 Å². The fraction of sp³-hybridized carbons (Fsp3) is 0.500. The molecule has 3 nitrogen and oxygen atoms in total. The summed E-state index contributed by atoms with van der Waals surface area (Å²) in [5.41, 5.74) is 0.604. The second kappa shape index (κ2) is 6.10. The average Bonchev–Trinajstić information content (AvgIpc) is 2.59. The van der Waals surface area contributed by atoms with Gasteiger partial charge in [0.2, 0.25) is 0 Å². The molecule has 104 valence electrons. The lowest BCUT2D eigenvalue weighted by molar-refractivity contribution is -0.143. The number of hydrogen-bond acceptors (Lipinski definition) is 2. The van der Waals surface area contributed by atoms with Crippen LogP contribution in [-0.4, -0.2) is 28.6 Å². The molecule has 2 rings (SSSR count). The molecule has 0 aliphatic carbocycles. The summed E-state index contributed by atoms with van der Waals surface area (Å²) in [6.45, 7) is 1.02. The Morgan fingerprint density at radius 3 is 2.74 bits per heavy atom. The van der Waals surface area contributed by atoms with Gasteiger partial charge in [0.05, 0.1) is 0 Å². The van der Waals surface area contributed by atoms with Crippen molar-refractivity contribution in [3.63, 3.8) is 0 Å². The van der Waals surface area contributed by atoms with Crippen LogP contribution in [0.15, 0.2) is 18.2 Å². The third-order valence-corrected chi connectivity index (χ3v) is 3.52. The lowest BCUT2D eigenvalue weighted by Gasteiger charge is -2.26.